The summed E-state index contributed by atoms with van der Waals surface area (Å²) in [5.41, 5.74) is 2.32. The molecule has 0 atom stereocenters. The minimum Gasteiger partial charge on any atom is -0.482 e. The molecule has 3 aromatic carbocycles. The monoisotopic (exact) mass is 447 g/mol. The molecule has 4 nitrogen and oxygen atoms in total. The number of carbonyl (C=O) groups excluding carboxylic acids is 1. The fourth-order valence-corrected chi connectivity index (χ4v) is 3.03. The molecule has 0 aromatic heterocycles. The summed E-state index contributed by atoms with van der Waals surface area (Å²) in [5.74, 6) is -0.469. The van der Waals surface area contributed by atoms with Crippen LogP contribution in [0.1, 0.15) is 11.1 Å². The molecular weight excluding hydrogens is 433 g/mol. The van der Waals surface area contributed by atoms with Crippen molar-refractivity contribution in [3.8, 4) is 5.75 Å². The number of benzene rings is 3. The van der Waals surface area contributed by atoms with Crippen molar-refractivity contribution in [2.45, 2.75) is 0 Å². The van der Waals surface area contributed by atoms with E-state index in [2.05, 4.69) is 0 Å². The van der Waals surface area contributed by atoms with Crippen LogP contribution in [0.4, 0.5) is 5.69 Å². The quantitative estimate of drug-likeness (QED) is 0.199. The van der Waals surface area contributed by atoms with Crippen molar-refractivity contribution in [2.24, 2.45) is 0 Å². The number of carbonyl (C=O) groups is 1. The summed E-state index contributed by atoms with van der Waals surface area (Å²) in [6, 6.07) is 19.6. The number of rotatable bonds is 6. The van der Waals surface area contributed by atoms with Gasteiger partial charge in [0.2, 0.25) is 0 Å². The maximum atomic E-state index is 12.2. The molecule has 0 saturated carbocycles. The van der Waals surface area contributed by atoms with Crippen LogP contribution < -0.4 is 9.80 Å². The summed E-state index contributed by atoms with van der Waals surface area (Å²) in [6.07, 6.45) is 3.92. The summed E-state index contributed by atoms with van der Waals surface area (Å²) < 4.78 is 5.35. The largest absolute Gasteiger partial charge is 0.482 e. The first-order valence-electron chi connectivity index (χ1n) is 8.56. The third kappa shape index (κ3) is 5.75. The Morgan fingerprint density at radius 2 is 1.45 bits per heavy atom. The van der Waals surface area contributed by atoms with Gasteiger partial charge in [-0.1, -0.05) is 89.4 Å². The Kier molecular flexibility index (Phi) is 7.18. The van der Waals surface area contributed by atoms with Gasteiger partial charge in [0.25, 0.3) is 5.91 Å². The number of hydroxylamine groups is 1. The van der Waals surface area contributed by atoms with E-state index in [-0.39, 0.29) is 20.8 Å². The van der Waals surface area contributed by atoms with Gasteiger partial charge in [-0.15, -0.1) is 0 Å². The average Bonchev–Trinajstić information content (AvgIpc) is 2.74. The van der Waals surface area contributed by atoms with Crippen molar-refractivity contribution < 1.29 is 14.7 Å². The number of amides is 1. The number of hydrogen-bond acceptors (Lipinski definition) is 3. The van der Waals surface area contributed by atoms with Gasteiger partial charge in [-0.05, 0) is 29.3 Å². The number of anilines is 1. The molecule has 1 amide bonds. The van der Waals surface area contributed by atoms with Gasteiger partial charge in [-0.2, -0.15) is 5.06 Å². The second-order valence-electron chi connectivity index (χ2n) is 6.03. The van der Waals surface area contributed by atoms with E-state index in [1.807, 2.05) is 42.5 Å². The van der Waals surface area contributed by atoms with Crippen LogP contribution in [-0.2, 0) is 4.79 Å². The van der Waals surface area contributed by atoms with Crippen molar-refractivity contribution >= 4 is 58.5 Å². The first-order valence-corrected chi connectivity index (χ1v) is 9.70. The molecule has 0 aliphatic rings. The lowest BCUT2D eigenvalue weighted by molar-refractivity contribution is -0.125. The van der Waals surface area contributed by atoms with E-state index in [9.17, 15) is 10.0 Å². The Morgan fingerprint density at radius 3 is 2.10 bits per heavy atom. The highest BCUT2D eigenvalue weighted by Gasteiger charge is 2.15. The molecule has 0 fully saturated rings. The highest BCUT2D eigenvalue weighted by molar-refractivity contribution is 6.43. The Hall–Kier alpha value is -2.50. The van der Waals surface area contributed by atoms with Crippen LogP contribution in [-0.4, -0.2) is 17.7 Å². The number of hydrogen-bond donors (Lipinski definition) is 1. The topological polar surface area (TPSA) is 49.8 Å². The van der Waals surface area contributed by atoms with Crippen molar-refractivity contribution in [2.75, 3.05) is 11.7 Å². The minimum absolute atomic E-state index is 0.198. The van der Waals surface area contributed by atoms with Crippen LogP contribution in [0, 0.1) is 0 Å². The highest BCUT2D eigenvalue weighted by atomic mass is 35.5. The molecule has 7 heteroatoms. The zero-order chi connectivity index (χ0) is 20.8. The molecule has 0 spiro atoms. The standard InChI is InChI=1S/C22H16Cl3NO3/c23-18-12-20(25)21(13-19(18)24)29-14-22(27)26(28)17-10-8-16(9-11-17)7-6-15-4-2-1-3-5-15/h1-13,28H,14H2/b7-6+. The normalized spacial score (nSPS) is 10.9. The van der Waals surface area contributed by atoms with Crippen LogP contribution in [0.5, 0.6) is 5.75 Å². The van der Waals surface area contributed by atoms with Crippen LogP contribution in [0.15, 0.2) is 66.7 Å². The summed E-state index contributed by atoms with van der Waals surface area (Å²) in [5, 5.41) is 11.4. The number of ether oxygens (including phenoxy) is 1. The summed E-state index contributed by atoms with van der Waals surface area (Å²) >= 11 is 17.8. The molecule has 0 aliphatic carbocycles. The van der Waals surface area contributed by atoms with Gasteiger partial charge in [0, 0.05) is 6.07 Å². The predicted octanol–water partition coefficient (Wildman–Crippen LogP) is 6.62. The lowest BCUT2D eigenvalue weighted by Gasteiger charge is -2.16. The SMILES string of the molecule is O=C(COc1cc(Cl)c(Cl)cc1Cl)N(O)c1ccc(/C=C/c2ccccc2)cc1. The van der Waals surface area contributed by atoms with Gasteiger partial charge in [-0.25, -0.2) is 0 Å². The van der Waals surface area contributed by atoms with E-state index in [1.54, 1.807) is 24.3 Å². The van der Waals surface area contributed by atoms with E-state index < -0.39 is 12.5 Å². The molecule has 29 heavy (non-hydrogen) atoms. The summed E-state index contributed by atoms with van der Waals surface area (Å²) in [7, 11) is 0. The van der Waals surface area contributed by atoms with Crippen molar-refractivity contribution in [1.82, 2.24) is 0 Å². The molecule has 0 heterocycles. The molecule has 1 N–H and O–H groups in total. The Labute approximate surface area is 183 Å². The Morgan fingerprint density at radius 1 is 0.862 bits per heavy atom. The third-order valence-corrected chi connectivity index (χ3v) is 4.99. The molecule has 0 bridgehead atoms. The van der Waals surface area contributed by atoms with E-state index in [0.29, 0.717) is 10.8 Å². The van der Waals surface area contributed by atoms with E-state index in [1.165, 1.54) is 12.1 Å². The minimum atomic E-state index is -0.667. The first-order chi connectivity index (χ1) is 13.9. The van der Waals surface area contributed by atoms with Crippen LogP contribution in [0.3, 0.4) is 0 Å². The summed E-state index contributed by atoms with van der Waals surface area (Å²) in [6.45, 7) is -0.427. The molecular formula is C22H16Cl3NO3. The highest BCUT2D eigenvalue weighted by Crippen LogP contribution is 2.33. The van der Waals surface area contributed by atoms with E-state index in [0.717, 1.165) is 11.1 Å². The fraction of sp³-hybridized carbons (Fsp3) is 0.0455. The molecule has 0 unspecified atom stereocenters. The second kappa shape index (κ2) is 9.81. The zero-order valence-electron chi connectivity index (χ0n) is 15.1. The smallest absolute Gasteiger partial charge is 0.288 e. The van der Waals surface area contributed by atoms with E-state index >= 15 is 0 Å². The molecule has 0 radical (unpaired) electrons. The molecule has 0 saturated heterocycles. The van der Waals surface area contributed by atoms with Gasteiger partial charge >= 0.3 is 0 Å². The second-order valence-corrected chi connectivity index (χ2v) is 7.25. The van der Waals surface area contributed by atoms with Crippen LogP contribution in [0.25, 0.3) is 12.2 Å². The van der Waals surface area contributed by atoms with Crippen molar-refractivity contribution in [3.63, 3.8) is 0 Å². The van der Waals surface area contributed by atoms with Crippen LogP contribution in [0.2, 0.25) is 15.1 Å². The van der Waals surface area contributed by atoms with Gasteiger partial charge in [0.15, 0.2) is 6.61 Å². The van der Waals surface area contributed by atoms with Gasteiger partial charge in [-0.3, -0.25) is 10.0 Å². The Bertz CT molecular complexity index is 1020. The predicted molar refractivity (Wildman–Crippen MR) is 118 cm³/mol. The lowest BCUT2D eigenvalue weighted by atomic mass is 10.1. The molecule has 148 valence electrons. The molecule has 3 rings (SSSR count). The Balaban J connectivity index is 1.61. The molecule has 0 aliphatic heterocycles. The van der Waals surface area contributed by atoms with Crippen molar-refractivity contribution in [3.05, 3.63) is 92.9 Å². The number of nitrogens with zero attached hydrogens (tertiary/aromatic N) is 1. The maximum absolute atomic E-state index is 12.2. The lowest BCUT2D eigenvalue weighted by Crippen LogP contribution is -2.31. The van der Waals surface area contributed by atoms with Gasteiger partial charge < -0.3 is 4.74 Å². The van der Waals surface area contributed by atoms with Crippen molar-refractivity contribution in [1.29, 1.82) is 0 Å². The third-order valence-electron chi connectivity index (χ3n) is 3.97. The number of halogens is 3. The van der Waals surface area contributed by atoms with Gasteiger partial charge in [0.05, 0.1) is 20.8 Å². The first kappa shape index (κ1) is 21.2. The summed E-state index contributed by atoms with van der Waals surface area (Å²) in [4.78, 5) is 12.2. The maximum Gasteiger partial charge on any atom is 0.288 e. The fourth-order valence-electron chi connectivity index (χ4n) is 2.44. The zero-order valence-corrected chi connectivity index (χ0v) is 17.3. The van der Waals surface area contributed by atoms with E-state index in [4.69, 9.17) is 39.5 Å². The van der Waals surface area contributed by atoms with Crippen LogP contribution >= 0.6 is 34.8 Å². The average molecular weight is 449 g/mol. The van der Waals surface area contributed by atoms with Gasteiger partial charge in [0.1, 0.15) is 5.75 Å². The molecule has 3 aromatic rings.